The number of piperidine rings is 1. The first-order chi connectivity index (χ1) is 16.9. The van der Waals surface area contributed by atoms with Crippen molar-refractivity contribution in [2.24, 2.45) is 5.92 Å². The van der Waals surface area contributed by atoms with E-state index in [2.05, 4.69) is 39.0 Å². The highest BCUT2D eigenvalue weighted by molar-refractivity contribution is 5.74. The van der Waals surface area contributed by atoms with E-state index in [9.17, 15) is 4.79 Å². The molecule has 1 saturated heterocycles. The van der Waals surface area contributed by atoms with Crippen LogP contribution < -0.4 is 9.80 Å². The Morgan fingerprint density at radius 2 is 1.57 bits per heavy atom. The largest absolute Gasteiger partial charge is 0.458 e. The Hall–Kier alpha value is -3.45. The third-order valence-corrected chi connectivity index (χ3v) is 5.80. The van der Waals surface area contributed by atoms with E-state index in [1.54, 1.807) is 6.20 Å². The Labute approximate surface area is 207 Å². The molecule has 1 aliphatic heterocycles. The maximum Gasteiger partial charge on any atom is 0.332 e. The molecule has 2 heterocycles. The molecule has 4 rings (SSSR count). The van der Waals surface area contributed by atoms with Crippen molar-refractivity contribution < 1.29 is 14.3 Å². The minimum atomic E-state index is -0.488. The van der Waals surface area contributed by atoms with E-state index < -0.39 is 5.60 Å². The second-order valence-electron chi connectivity index (χ2n) is 9.77. The van der Waals surface area contributed by atoms with E-state index in [0.29, 0.717) is 12.5 Å². The Kier molecular flexibility index (Phi) is 7.98. The van der Waals surface area contributed by atoms with Crippen LogP contribution in [0.4, 0.5) is 23.0 Å². The summed E-state index contributed by atoms with van der Waals surface area (Å²) in [6.45, 7) is 7.88. The van der Waals surface area contributed by atoms with Gasteiger partial charge < -0.3 is 14.4 Å². The van der Waals surface area contributed by atoms with Crippen molar-refractivity contribution >= 4 is 29.0 Å². The highest BCUT2D eigenvalue weighted by Gasteiger charge is 2.23. The van der Waals surface area contributed by atoms with Gasteiger partial charge in [-0.3, -0.25) is 9.88 Å². The van der Waals surface area contributed by atoms with Crippen molar-refractivity contribution in [1.82, 2.24) is 9.97 Å². The summed E-state index contributed by atoms with van der Waals surface area (Å²) in [4.78, 5) is 25.8. The fraction of sp³-hybridized carbons (Fsp3) is 0.393. The van der Waals surface area contributed by atoms with E-state index in [-0.39, 0.29) is 12.6 Å². The first-order valence-electron chi connectivity index (χ1n) is 12.2. The highest BCUT2D eigenvalue weighted by Crippen LogP contribution is 2.33. The van der Waals surface area contributed by atoms with Crippen molar-refractivity contribution in [2.75, 3.05) is 36.1 Å². The van der Waals surface area contributed by atoms with Crippen LogP contribution in [0.1, 0.15) is 33.6 Å². The van der Waals surface area contributed by atoms with Crippen molar-refractivity contribution in [3.05, 3.63) is 73.1 Å². The lowest BCUT2D eigenvalue weighted by Crippen LogP contribution is -2.36. The zero-order valence-electron chi connectivity index (χ0n) is 20.8. The van der Waals surface area contributed by atoms with E-state index in [4.69, 9.17) is 14.5 Å². The summed E-state index contributed by atoms with van der Waals surface area (Å²) in [5.41, 5.74) is 1.58. The molecule has 3 aromatic rings. The van der Waals surface area contributed by atoms with Crippen LogP contribution in [0.3, 0.4) is 0 Å². The number of carbonyl (C=O) groups is 1. The first-order valence-corrected chi connectivity index (χ1v) is 12.2. The third kappa shape index (κ3) is 7.02. The van der Waals surface area contributed by atoms with Gasteiger partial charge in [0.2, 0.25) is 0 Å². The number of hydrogen-bond acceptors (Lipinski definition) is 7. The molecule has 184 valence electrons. The molecule has 1 aromatic heterocycles. The van der Waals surface area contributed by atoms with Crippen LogP contribution in [0.25, 0.3) is 0 Å². The average molecular weight is 475 g/mol. The number of hydrogen-bond donors (Lipinski definition) is 0. The van der Waals surface area contributed by atoms with Gasteiger partial charge in [0.05, 0.1) is 19.0 Å². The summed E-state index contributed by atoms with van der Waals surface area (Å²) in [5.74, 6) is 1.74. The van der Waals surface area contributed by atoms with Gasteiger partial charge in [0.25, 0.3) is 0 Å². The molecule has 0 atom stereocenters. The molecule has 7 heteroatoms. The molecule has 35 heavy (non-hydrogen) atoms. The Morgan fingerprint density at radius 3 is 2.14 bits per heavy atom. The van der Waals surface area contributed by atoms with Crippen LogP contribution >= 0.6 is 0 Å². The quantitative estimate of drug-likeness (QED) is 0.398. The normalized spacial score (nSPS) is 14.5. The van der Waals surface area contributed by atoms with Crippen LogP contribution in [-0.2, 0) is 14.3 Å². The van der Waals surface area contributed by atoms with Gasteiger partial charge in [-0.1, -0.05) is 36.4 Å². The lowest BCUT2D eigenvalue weighted by atomic mass is 9.98. The Balaban J connectivity index is 1.38. The molecular formula is C28H34N4O3. The Morgan fingerprint density at radius 1 is 0.971 bits per heavy atom. The van der Waals surface area contributed by atoms with Gasteiger partial charge in [0, 0.05) is 24.5 Å². The van der Waals surface area contributed by atoms with E-state index in [1.807, 2.05) is 63.4 Å². The zero-order valence-corrected chi connectivity index (χ0v) is 20.8. The number of benzene rings is 2. The summed E-state index contributed by atoms with van der Waals surface area (Å²) in [6.07, 6.45) is 5.58. The molecule has 2 aromatic carbocycles. The molecule has 0 spiro atoms. The minimum Gasteiger partial charge on any atom is -0.458 e. The predicted molar refractivity (Wildman–Crippen MR) is 138 cm³/mol. The summed E-state index contributed by atoms with van der Waals surface area (Å²) >= 11 is 0. The fourth-order valence-electron chi connectivity index (χ4n) is 4.18. The van der Waals surface area contributed by atoms with Crippen molar-refractivity contribution in [3.63, 3.8) is 0 Å². The highest BCUT2D eigenvalue weighted by atomic mass is 16.6. The molecule has 1 aliphatic rings. The summed E-state index contributed by atoms with van der Waals surface area (Å²) in [5, 5.41) is 0. The topological polar surface area (TPSA) is 67.8 Å². The van der Waals surface area contributed by atoms with Gasteiger partial charge in [-0.2, -0.15) is 0 Å². The van der Waals surface area contributed by atoms with Crippen LogP contribution in [0.2, 0.25) is 0 Å². The van der Waals surface area contributed by atoms with Crippen molar-refractivity contribution in [1.29, 1.82) is 0 Å². The van der Waals surface area contributed by atoms with Crippen LogP contribution in [0, 0.1) is 5.92 Å². The molecule has 0 bridgehead atoms. The second-order valence-corrected chi connectivity index (χ2v) is 9.77. The molecule has 0 radical (unpaired) electrons. The van der Waals surface area contributed by atoms with Gasteiger partial charge in [-0.25, -0.2) is 9.78 Å². The molecule has 0 aliphatic carbocycles. The molecule has 0 saturated carbocycles. The minimum absolute atomic E-state index is 0.000187. The average Bonchev–Trinajstić information content (AvgIpc) is 2.85. The van der Waals surface area contributed by atoms with Crippen LogP contribution in [0.5, 0.6) is 0 Å². The van der Waals surface area contributed by atoms with Crippen molar-refractivity contribution in [2.45, 2.75) is 39.2 Å². The number of para-hydroxylation sites is 2. The number of carbonyl (C=O) groups excluding carboxylic acids is 1. The maximum absolute atomic E-state index is 11.9. The number of nitrogens with zero attached hydrogens (tertiary/aromatic N) is 4. The van der Waals surface area contributed by atoms with Gasteiger partial charge in [-0.05, 0) is 63.8 Å². The monoisotopic (exact) mass is 474 g/mol. The number of aromatic nitrogens is 2. The molecule has 7 nitrogen and oxygen atoms in total. The van der Waals surface area contributed by atoms with Gasteiger partial charge >= 0.3 is 5.97 Å². The standard InChI is InChI=1S/C28H34N4O3/c1-28(2,3)35-27(33)21-34-20-22-14-16-31(17-15-22)25-18-29-19-26(30-25)32(23-10-6-4-7-11-23)24-12-8-5-9-13-24/h4-13,18-19,22H,14-17,20-21H2,1-3H3. The summed E-state index contributed by atoms with van der Waals surface area (Å²) < 4.78 is 10.9. The van der Waals surface area contributed by atoms with Crippen LogP contribution in [0.15, 0.2) is 73.1 Å². The van der Waals surface area contributed by atoms with Crippen LogP contribution in [-0.4, -0.2) is 47.8 Å². The van der Waals surface area contributed by atoms with E-state index >= 15 is 0 Å². The summed E-state index contributed by atoms with van der Waals surface area (Å²) in [6, 6.07) is 20.4. The smallest absolute Gasteiger partial charge is 0.332 e. The fourth-order valence-corrected chi connectivity index (χ4v) is 4.18. The molecular weight excluding hydrogens is 440 g/mol. The lowest BCUT2D eigenvalue weighted by Gasteiger charge is -2.33. The van der Waals surface area contributed by atoms with Gasteiger partial charge in [0.15, 0.2) is 5.82 Å². The Bertz CT molecular complexity index is 1040. The van der Waals surface area contributed by atoms with Gasteiger partial charge in [0.1, 0.15) is 18.0 Å². The lowest BCUT2D eigenvalue weighted by molar-refractivity contribution is -0.160. The predicted octanol–water partition coefficient (Wildman–Crippen LogP) is 5.52. The second kappa shape index (κ2) is 11.3. The number of rotatable bonds is 8. The molecule has 0 unspecified atom stereocenters. The van der Waals surface area contributed by atoms with Crippen molar-refractivity contribution in [3.8, 4) is 0 Å². The summed E-state index contributed by atoms with van der Waals surface area (Å²) in [7, 11) is 0. The number of esters is 1. The molecule has 0 amide bonds. The zero-order chi connectivity index (χ0) is 24.7. The third-order valence-electron chi connectivity index (χ3n) is 5.80. The van der Waals surface area contributed by atoms with E-state index in [1.165, 1.54) is 0 Å². The van der Waals surface area contributed by atoms with Gasteiger partial charge in [-0.15, -0.1) is 0 Å². The number of ether oxygens (including phenoxy) is 2. The maximum atomic E-state index is 11.9. The molecule has 1 fully saturated rings. The first kappa shape index (κ1) is 24.7. The van der Waals surface area contributed by atoms with E-state index in [0.717, 1.165) is 48.9 Å². The number of anilines is 4. The molecule has 0 N–H and O–H groups in total. The SMILES string of the molecule is CC(C)(C)OC(=O)COCC1CCN(c2cncc(N(c3ccccc3)c3ccccc3)n2)CC1.